The van der Waals surface area contributed by atoms with Crippen LogP contribution >= 0.6 is 0 Å². The van der Waals surface area contributed by atoms with E-state index in [2.05, 4.69) is 17.0 Å². The minimum Gasteiger partial charge on any atom is -0.374 e. The van der Waals surface area contributed by atoms with Crippen LogP contribution in [0.2, 0.25) is 0 Å². The van der Waals surface area contributed by atoms with E-state index in [1.165, 1.54) is 0 Å². The molecule has 1 unspecified atom stereocenters. The number of likely N-dealkylation sites (tertiary alicyclic amines) is 1. The number of hydrogen-bond donors (Lipinski definition) is 2. The number of nitrogens with one attached hydrogen (secondary N) is 2. The van der Waals surface area contributed by atoms with Crippen molar-refractivity contribution in [1.82, 2.24) is 4.90 Å². The summed E-state index contributed by atoms with van der Waals surface area (Å²) in [6.45, 7) is 5.71. The van der Waals surface area contributed by atoms with E-state index in [0.717, 1.165) is 37.9 Å². The summed E-state index contributed by atoms with van der Waals surface area (Å²) >= 11 is 0. The third-order valence-corrected chi connectivity index (χ3v) is 4.64. The van der Waals surface area contributed by atoms with Crippen molar-refractivity contribution >= 4 is 27.3 Å². The second-order valence-corrected chi connectivity index (χ2v) is 8.07. The summed E-state index contributed by atoms with van der Waals surface area (Å²) in [7, 11) is -3.28. The molecule has 1 amide bonds. The zero-order chi connectivity index (χ0) is 17.0. The summed E-state index contributed by atoms with van der Waals surface area (Å²) in [4.78, 5) is 14.3. The lowest BCUT2D eigenvalue weighted by atomic mass is 9.99. The first-order chi connectivity index (χ1) is 10.7. The standard InChI is InChI=1S/C16H25N3O3S/c1-12-8-10-19(11-9-12)16(20)13(2)17-14-4-6-15(7-5-14)18-23(3,21)22/h4-7,12-13,17-18H,8-11H2,1-3H3. The minimum absolute atomic E-state index is 0.107. The maximum Gasteiger partial charge on any atom is 0.244 e. The van der Waals surface area contributed by atoms with Crippen molar-refractivity contribution < 1.29 is 13.2 Å². The number of carbonyl (C=O) groups is 1. The molecule has 1 aliphatic rings. The van der Waals surface area contributed by atoms with Crippen LogP contribution in [0.1, 0.15) is 26.7 Å². The largest absolute Gasteiger partial charge is 0.374 e. The van der Waals surface area contributed by atoms with Crippen LogP contribution in [0.15, 0.2) is 24.3 Å². The van der Waals surface area contributed by atoms with E-state index < -0.39 is 10.0 Å². The van der Waals surface area contributed by atoms with Gasteiger partial charge in [0.05, 0.1) is 6.26 Å². The van der Waals surface area contributed by atoms with Crippen molar-refractivity contribution in [2.24, 2.45) is 5.92 Å². The number of benzene rings is 1. The Hall–Kier alpha value is -1.76. The minimum atomic E-state index is -3.28. The number of hydrogen-bond acceptors (Lipinski definition) is 4. The Balaban J connectivity index is 1.92. The van der Waals surface area contributed by atoms with Gasteiger partial charge < -0.3 is 10.2 Å². The molecule has 1 heterocycles. The maximum absolute atomic E-state index is 12.4. The molecule has 128 valence electrons. The topological polar surface area (TPSA) is 78.5 Å². The molecule has 0 aromatic heterocycles. The number of amides is 1. The predicted octanol–water partition coefficient (Wildman–Crippen LogP) is 2.12. The predicted molar refractivity (Wildman–Crippen MR) is 93.0 cm³/mol. The van der Waals surface area contributed by atoms with Gasteiger partial charge in [-0.05, 0) is 49.9 Å². The molecule has 1 fully saturated rings. The van der Waals surface area contributed by atoms with E-state index in [1.54, 1.807) is 24.3 Å². The van der Waals surface area contributed by atoms with Crippen LogP contribution in [0.3, 0.4) is 0 Å². The average Bonchev–Trinajstić information content (AvgIpc) is 2.48. The van der Waals surface area contributed by atoms with Gasteiger partial charge in [0.15, 0.2) is 0 Å². The first kappa shape index (κ1) is 17.6. The van der Waals surface area contributed by atoms with Gasteiger partial charge >= 0.3 is 0 Å². The normalized spacial score (nSPS) is 17.6. The second-order valence-electron chi connectivity index (χ2n) is 6.33. The van der Waals surface area contributed by atoms with Crippen LogP contribution in [0, 0.1) is 5.92 Å². The number of piperidine rings is 1. The molecule has 1 aromatic rings. The van der Waals surface area contributed by atoms with E-state index in [9.17, 15) is 13.2 Å². The lowest BCUT2D eigenvalue weighted by molar-refractivity contribution is -0.132. The van der Waals surface area contributed by atoms with Gasteiger partial charge in [-0.3, -0.25) is 9.52 Å². The molecule has 1 aromatic carbocycles. The Morgan fingerprint density at radius 2 is 1.70 bits per heavy atom. The Kier molecular flexibility index (Phi) is 5.51. The quantitative estimate of drug-likeness (QED) is 0.861. The molecule has 2 rings (SSSR count). The van der Waals surface area contributed by atoms with Gasteiger partial charge in [-0.15, -0.1) is 0 Å². The van der Waals surface area contributed by atoms with E-state index in [-0.39, 0.29) is 11.9 Å². The van der Waals surface area contributed by atoms with E-state index >= 15 is 0 Å². The number of nitrogens with zero attached hydrogens (tertiary/aromatic N) is 1. The van der Waals surface area contributed by atoms with Crippen LogP contribution < -0.4 is 10.0 Å². The zero-order valence-corrected chi connectivity index (χ0v) is 14.7. The molecule has 0 spiro atoms. The summed E-state index contributed by atoms with van der Waals surface area (Å²) in [6.07, 6.45) is 3.23. The van der Waals surface area contributed by atoms with E-state index in [0.29, 0.717) is 11.6 Å². The summed E-state index contributed by atoms with van der Waals surface area (Å²) in [5.74, 6) is 0.799. The number of carbonyl (C=O) groups excluding carboxylic acids is 1. The molecule has 6 nitrogen and oxygen atoms in total. The van der Waals surface area contributed by atoms with Gasteiger partial charge in [-0.1, -0.05) is 6.92 Å². The van der Waals surface area contributed by atoms with Crippen molar-refractivity contribution in [2.45, 2.75) is 32.7 Å². The van der Waals surface area contributed by atoms with Crippen molar-refractivity contribution in [3.05, 3.63) is 24.3 Å². The second kappa shape index (κ2) is 7.21. The van der Waals surface area contributed by atoms with Crippen molar-refractivity contribution in [2.75, 3.05) is 29.4 Å². The lowest BCUT2D eigenvalue weighted by Crippen LogP contribution is -2.45. The summed E-state index contributed by atoms with van der Waals surface area (Å²) < 4.78 is 24.8. The van der Waals surface area contributed by atoms with Crippen LogP contribution in [0.5, 0.6) is 0 Å². The Morgan fingerprint density at radius 1 is 1.17 bits per heavy atom. The summed E-state index contributed by atoms with van der Waals surface area (Å²) in [6, 6.07) is 6.55. The monoisotopic (exact) mass is 339 g/mol. The fourth-order valence-corrected chi connectivity index (χ4v) is 3.23. The van der Waals surface area contributed by atoms with Crippen LogP contribution in [0.4, 0.5) is 11.4 Å². The van der Waals surface area contributed by atoms with Crippen molar-refractivity contribution in [3.8, 4) is 0 Å². The highest BCUT2D eigenvalue weighted by molar-refractivity contribution is 7.92. The van der Waals surface area contributed by atoms with E-state index in [4.69, 9.17) is 0 Å². The molecule has 23 heavy (non-hydrogen) atoms. The van der Waals surface area contributed by atoms with Crippen LogP contribution in [-0.2, 0) is 14.8 Å². The van der Waals surface area contributed by atoms with Gasteiger partial charge in [-0.2, -0.15) is 0 Å². The van der Waals surface area contributed by atoms with Crippen LogP contribution in [0.25, 0.3) is 0 Å². The fourth-order valence-electron chi connectivity index (χ4n) is 2.66. The Bertz CT molecular complexity index is 635. The summed E-state index contributed by atoms with van der Waals surface area (Å²) in [5, 5.41) is 3.17. The van der Waals surface area contributed by atoms with Crippen LogP contribution in [-0.4, -0.2) is 44.6 Å². The van der Waals surface area contributed by atoms with Gasteiger partial charge in [0.2, 0.25) is 15.9 Å². The van der Waals surface area contributed by atoms with Gasteiger partial charge in [0.1, 0.15) is 6.04 Å². The molecule has 7 heteroatoms. The van der Waals surface area contributed by atoms with Crippen molar-refractivity contribution in [3.63, 3.8) is 0 Å². The number of sulfonamides is 1. The molecule has 0 aliphatic carbocycles. The first-order valence-electron chi connectivity index (χ1n) is 7.88. The van der Waals surface area contributed by atoms with E-state index in [1.807, 2.05) is 11.8 Å². The number of anilines is 2. The maximum atomic E-state index is 12.4. The molecular weight excluding hydrogens is 314 g/mol. The number of rotatable bonds is 5. The highest BCUT2D eigenvalue weighted by Gasteiger charge is 2.24. The molecule has 1 aliphatic heterocycles. The smallest absolute Gasteiger partial charge is 0.244 e. The third-order valence-electron chi connectivity index (χ3n) is 4.04. The third kappa shape index (κ3) is 5.42. The fraction of sp³-hybridized carbons (Fsp3) is 0.562. The molecule has 1 saturated heterocycles. The van der Waals surface area contributed by atoms with Gasteiger partial charge in [-0.25, -0.2) is 8.42 Å². The lowest BCUT2D eigenvalue weighted by Gasteiger charge is -2.32. The van der Waals surface area contributed by atoms with Gasteiger partial charge in [0.25, 0.3) is 0 Å². The highest BCUT2D eigenvalue weighted by atomic mass is 32.2. The SMILES string of the molecule is CC1CCN(C(=O)C(C)Nc2ccc(NS(C)(=O)=O)cc2)CC1. The average molecular weight is 339 g/mol. The molecule has 0 bridgehead atoms. The highest BCUT2D eigenvalue weighted by Crippen LogP contribution is 2.19. The first-order valence-corrected chi connectivity index (χ1v) is 9.77. The molecule has 0 saturated carbocycles. The summed E-state index contributed by atoms with van der Waals surface area (Å²) in [5.41, 5.74) is 1.29. The molecule has 2 N–H and O–H groups in total. The molecule has 0 radical (unpaired) electrons. The Morgan fingerprint density at radius 3 is 2.22 bits per heavy atom. The molecule has 1 atom stereocenters. The van der Waals surface area contributed by atoms with Crippen molar-refractivity contribution in [1.29, 1.82) is 0 Å². The zero-order valence-electron chi connectivity index (χ0n) is 13.9. The molecular formula is C16H25N3O3S. The Labute approximate surface area is 138 Å². The van der Waals surface area contributed by atoms with Gasteiger partial charge in [0, 0.05) is 24.5 Å².